The highest BCUT2D eigenvalue weighted by atomic mass is 79.9. The molecule has 0 aliphatic rings. The number of benzene rings is 1. The molecule has 1 aromatic rings. The number of hydrogen-bond donors (Lipinski definition) is 1. The zero-order valence-electron chi connectivity index (χ0n) is 10.8. The van der Waals surface area contributed by atoms with E-state index in [0.29, 0.717) is 10.2 Å². The van der Waals surface area contributed by atoms with Crippen LogP contribution < -0.4 is 5.32 Å². The van der Waals surface area contributed by atoms with E-state index in [0.717, 1.165) is 0 Å². The minimum Gasteiger partial charge on any atom is -0.325 e. The first-order chi connectivity index (χ1) is 8.62. The fraction of sp³-hybridized carbons (Fsp3) is 0.417. The molecule has 1 amide bonds. The van der Waals surface area contributed by atoms with Crippen molar-refractivity contribution in [2.45, 2.75) is 25.7 Å². The summed E-state index contributed by atoms with van der Waals surface area (Å²) in [7, 11) is 1.47. The molecular weight excluding hydrogens is 354 g/mol. The van der Waals surface area contributed by atoms with Crippen LogP contribution in [0.2, 0.25) is 0 Å². The van der Waals surface area contributed by atoms with Gasteiger partial charge in [-0.1, -0.05) is 20.8 Å². The van der Waals surface area contributed by atoms with E-state index < -0.39 is 9.05 Å². The number of nitrogens with one attached hydrogen (secondary N) is 1. The van der Waals surface area contributed by atoms with Crippen LogP contribution in [0.5, 0.6) is 0 Å². The molecule has 4 nitrogen and oxygen atoms in total. The average molecular weight is 369 g/mol. The second kappa shape index (κ2) is 6.24. The highest BCUT2D eigenvalue weighted by Crippen LogP contribution is 2.28. The van der Waals surface area contributed by atoms with E-state index in [2.05, 4.69) is 21.2 Å². The molecule has 0 radical (unpaired) electrons. The highest BCUT2D eigenvalue weighted by molar-refractivity contribution is 9.10. The van der Waals surface area contributed by atoms with Crippen molar-refractivity contribution < 1.29 is 13.2 Å². The Labute approximate surface area is 126 Å². The van der Waals surface area contributed by atoms with E-state index >= 15 is 0 Å². The van der Waals surface area contributed by atoms with Crippen molar-refractivity contribution >= 4 is 47.3 Å². The Morgan fingerprint density at radius 2 is 1.89 bits per heavy atom. The number of hydrogen-bond acceptors (Lipinski definition) is 3. The minimum absolute atomic E-state index is 0.0176. The van der Waals surface area contributed by atoms with Crippen LogP contribution in [0, 0.1) is 11.8 Å². The van der Waals surface area contributed by atoms with Crippen molar-refractivity contribution in [2.75, 3.05) is 5.32 Å². The molecule has 0 saturated carbocycles. The van der Waals surface area contributed by atoms with Gasteiger partial charge in [-0.3, -0.25) is 4.79 Å². The average Bonchev–Trinajstić information content (AvgIpc) is 2.29. The van der Waals surface area contributed by atoms with Crippen LogP contribution in [0.25, 0.3) is 0 Å². The summed E-state index contributed by atoms with van der Waals surface area (Å²) in [4.78, 5) is 11.9. The summed E-state index contributed by atoms with van der Waals surface area (Å²) in [6, 6.07) is 4.21. The van der Waals surface area contributed by atoms with Crippen LogP contribution in [0.3, 0.4) is 0 Å². The van der Waals surface area contributed by atoms with E-state index in [1.54, 1.807) is 0 Å². The third-order valence-corrected chi connectivity index (χ3v) is 4.90. The Balaban J connectivity index is 2.96. The topological polar surface area (TPSA) is 63.2 Å². The third kappa shape index (κ3) is 4.47. The number of amides is 1. The maximum absolute atomic E-state index is 11.9. The van der Waals surface area contributed by atoms with Gasteiger partial charge in [0.15, 0.2) is 0 Å². The molecule has 19 heavy (non-hydrogen) atoms. The van der Waals surface area contributed by atoms with E-state index in [-0.39, 0.29) is 22.6 Å². The molecule has 0 saturated heterocycles. The van der Waals surface area contributed by atoms with Gasteiger partial charge in [0.05, 0.1) is 10.6 Å². The van der Waals surface area contributed by atoms with Crippen LogP contribution in [-0.2, 0) is 13.8 Å². The predicted molar refractivity (Wildman–Crippen MR) is 79.8 cm³/mol. The van der Waals surface area contributed by atoms with E-state index in [1.807, 2.05) is 20.8 Å². The van der Waals surface area contributed by atoms with Crippen molar-refractivity contribution in [2.24, 2.45) is 11.8 Å². The standard InChI is InChI=1S/C12H15BrClNO3S/c1-7(2)8(3)12(16)15-11-5-4-9(6-10(11)13)19(14,17)18/h4-8H,1-3H3,(H,15,16). The largest absolute Gasteiger partial charge is 0.325 e. The summed E-state index contributed by atoms with van der Waals surface area (Å²) >= 11 is 3.22. The van der Waals surface area contributed by atoms with Gasteiger partial charge in [-0.25, -0.2) is 8.42 Å². The smallest absolute Gasteiger partial charge is 0.261 e. The Bertz CT molecular complexity index is 587. The molecule has 106 valence electrons. The lowest BCUT2D eigenvalue weighted by Gasteiger charge is -2.16. The predicted octanol–water partition coefficient (Wildman–Crippen LogP) is 3.61. The molecular formula is C12H15BrClNO3S. The van der Waals surface area contributed by atoms with Crippen molar-refractivity contribution in [1.29, 1.82) is 0 Å². The second-order valence-electron chi connectivity index (χ2n) is 4.60. The Morgan fingerprint density at radius 1 is 1.32 bits per heavy atom. The molecule has 0 bridgehead atoms. The zero-order chi connectivity index (χ0) is 14.8. The number of carbonyl (C=O) groups is 1. The molecule has 0 spiro atoms. The molecule has 0 aliphatic heterocycles. The van der Waals surface area contributed by atoms with Crippen molar-refractivity contribution in [3.05, 3.63) is 22.7 Å². The molecule has 1 atom stereocenters. The van der Waals surface area contributed by atoms with Crippen molar-refractivity contribution in [1.82, 2.24) is 0 Å². The van der Waals surface area contributed by atoms with Crippen LogP contribution >= 0.6 is 26.6 Å². The molecule has 1 aromatic carbocycles. The molecule has 7 heteroatoms. The van der Waals surface area contributed by atoms with Gasteiger partial charge in [0.1, 0.15) is 0 Å². The van der Waals surface area contributed by atoms with Gasteiger partial charge in [-0.05, 0) is 40.0 Å². The van der Waals surface area contributed by atoms with Gasteiger partial charge in [0, 0.05) is 21.1 Å². The summed E-state index contributed by atoms with van der Waals surface area (Å²) in [5.41, 5.74) is 0.515. The number of carbonyl (C=O) groups excluding carboxylic acids is 1. The first kappa shape index (κ1) is 16.5. The van der Waals surface area contributed by atoms with Crippen LogP contribution in [0.15, 0.2) is 27.6 Å². The Kier molecular flexibility index (Phi) is 5.41. The number of halogens is 2. The van der Waals surface area contributed by atoms with Crippen molar-refractivity contribution in [3.8, 4) is 0 Å². The highest BCUT2D eigenvalue weighted by Gasteiger charge is 2.18. The van der Waals surface area contributed by atoms with Crippen LogP contribution in [0.4, 0.5) is 5.69 Å². The van der Waals surface area contributed by atoms with Crippen LogP contribution in [0.1, 0.15) is 20.8 Å². The van der Waals surface area contributed by atoms with Gasteiger partial charge in [0.2, 0.25) is 5.91 Å². The zero-order valence-corrected chi connectivity index (χ0v) is 13.9. The van der Waals surface area contributed by atoms with Crippen LogP contribution in [-0.4, -0.2) is 14.3 Å². The molecule has 0 aromatic heterocycles. The minimum atomic E-state index is -3.77. The first-order valence-electron chi connectivity index (χ1n) is 5.68. The van der Waals surface area contributed by atoms with Gasteiger partial charge in [-0.15, -0.1) is 0 Å². The fourth-order valence-corrected chi connectivity index (χ4v) is 2.70. The monoisotopic (exact) mass is 367 g/mol. The fourth-order valence-electron chi connectivity index (χ4n) is 1.30. The van der Waals surface area contributed by atoms with E-state index in [4.69, 9.17) is 10.7 Å². The normalized spacial score (nSPS) is 13.4. The Hall–Kier alpha value is -0.590. The Morgan fingerprint density at radius 3 is 2.32 bits per heavy atom. The van der Waals surface area contributed by atoms with Crippen molar-refractivity contribution in [3.63, 3.8) is 0 Å². The molecule has 0 aliphatic carbocycles. The maximum Gasteiger partial charge on any atom is 0.261 e. The lowest BCUT2D eigenvalue weighted by Crippen LogP contribution is -2.24. The maximum atomic E-state index is 11.9. The molecule has 1 unspecified atom stereocenters. The number of rotatable bonds is 4. The molecule has 1 rings (SSSR count). The first-order valence-corrected chi connectivity index (χ1v) is 8.78. The quantitative estimate of drug-likeness (QED) is 0.826. The lowest BCUT2D eigenvalue weighted by atomic mass is 9.97. The second-order valence-corrected chi connectivity index (χ2v) is 8.02. The molecule has 0 heterocycles. The van der Waals surface area contributed by atoms with Gasteiger partial charge in [0.25, 0.3) is 9.05 Å². The van der Waals surface area contributed by atoms with E-state index in [9.17, 15) is 13.2 Å². The molecule has 1 N–H and O–H groups in total. The molecule has 0 fully saturated rings. The van der Waals surface area contributed by atoms with Gasteiger partial charge >= 0.3 is 0 Å². The summed E-state index contributed by atoms with van der Waals surface area (Å²) in [5, 5.41) is 2.75. The third-order valence-electron chi connectivity index (χ3n) is 2.89. The van der Waals surface area contributed by atoms with Gasteiger partial charge in [-0.2, -0.15) is 0 Å². The number of anilines is 1. The SMILES string of the molecule is CC(C)C(C)C(=O)Nc1ccc(S(=O)(=O)Cl)cc1Br. The summed E-state index contributed by atoms with van der Waals surface area (Å²) in [5.74, 6) is -0.0261. The summed E-state index contributed by atoms with van der Waals surface area (Å²) in [6.45, 7) is 5.76. The summed E-state index contributed by atoms with van der Waals surface area (Å²) in [6.07, 6.45) is 0. The van der Waals surface area contributed by atoms with Gasteiger partial charge < -0.3 is 5.32 Å². The lowest BCUT2D eigenvalue weighted by molar-refractivity contribution is -0.120. The summed E-state index contributed by atoms with van der Waals surface area (Å²) < 4.78 is 22.8. The van der Waals surface area contributed by atoms with E-state index in [1.165, 1.54) is 18.2 Å².